The van der Waals surface area contributed by atoms with E-state index in [0.717, 1.165) is 25.7 Å². The summed E-state index contributed by atoms with van der Waals surface area (Å²) >= 11 is 5.61. The minimum atomic E-state index is -0.549. The summed E-state index contributed by atoms with van der Waals surface area (Å²) in [6.07, 6.45) is 5.09. The van der Waals surface area contributed by atoms with E-state index >= 15 is 0 Å². The van der Waals surface area contributed by atoms with Gasteiger partial charge in [-0.1, -0.05) is 36.9 Å². The van der Waals surface area contributed by atoms with Crippen molar-refractivity contribution in [2.24, 2.45) is 5.92 Å². The van der Waals surface area contributed by atoms with Crippen LogP contribution in [0, 0.1) is 11.7 Å². The van der Waals surface area contributed by atoms with E-state index in [0.29, 0.717) is 5.56 Å². The van der Waals surface area contributed by atoms with E-state index < -0.39 is 11.9 Å². The van der Waals surface area contributed by atoms with E-state index in [1.165, 1.54) is 18.6 Å². The SMILES string of the molecule is O[C@H](c1ccc(Cl)c(F)c1)C1CCCCC1. The second kappa shape index (κ2) is 5.15. The smallest absolute Gasteiger partial charge is 0.142 e. The van der Waals surface area contributed by atoms with E-state index in [9.17, 15) is 9.50 Å². The second-order valence-corrected chi connectivity index (χ2v) is 4.92. The number of aliphatic hydroxyl groups excluding tert-OH is 1. The van der Waals surface area contributed by atoms with Crippen LogP contribution in [0.3, 0.4) is 0 Å². The van der Waals surface area contributed by atoms with Crippen LogP contribution in [0.15, 0.2) is 18.2 Å². The maximum absolute atomic E-state index is 13.3. The molecule has 3 heteroatoms. The Labute approximate surface area is 100 Å². The lowest BCUT2D eigenvalue weighted by Crippen LogP contribution is -2.16. The molecule has 0 saturated heterocycles. The van der Waals surface area contributed by atoms with Crippen molar-refractivity contribution in [1.82, 2.24) is 0 Å². The van der Waals surface area contributed by atoms with Crippen LogP contribution in [-0.2, 0) is 0 Å². The maximum atomic E-state index is 13.3. The molecule has 1 saturated carbocycles. The summed E-state index contributed by atoms with van der Waals surface area (Å²) in [5.74, 6) is -0.177. The summed E-state index contributed by atoms with van der Waals surface area (Å²) in [6, 6.07) is 4.57. The number of rotatable bonds is 2. The molecular formula is C13H16ClFO. The van der Waals surface area contributed by atoms with Crippen molar-refractivity contribution in [1.29, 1.82) is 0 Å². The van der Waals surface area contributed by atoms with Crippen molar-refractivity contribution in [3.05, 3.63) is 34.6 Å². The first-order valence-corrected chi connectivity index (χ1v) is 6.19. The lowest BCUT2D eigenvalue weighted by atomic mass is 9.83. The van der Waals surface area contributed by atoms with Crippen LogP contribution < -0.4 is 0 Å². The molecule has 1 aliphatic carbocycles. The zero-order valence-electron chi connectivity index (χ0n) is 9.13. The first kappa shape index (κ1) is 11.9. The molecule has 1 atom stereocenters. The summed E-state index contributed by atoms with van der Waals surface area (Å²) in [5.41, 5.74) is 0.647. The molecule has 0 heterocycles. The Bertz CT molecular complexity index is 361. The molecule has 0 aliphatic heterocycles. The summed E-state index contributed by atoms with van der Waals surface area (Å²) < 4.78 is 13.3. The van der Waals surface area contributed by atoms with Gasteiger partial charge in [0.15, 0.2) is 0 Å². The van der Waals surface area contributed by atoms with Gasteiger partial charge in [0.05, 0.1) is 11.1 Å². The zero-order chi connectivity index (χ0) is 11.5. The topological polar surface area (TPSA) is 20.2 Å². The summed E-state index contributed by atoms with van der Waals surface area (Å²) in [4.78, 5) is 0. The minimum Gasteiger partial charge on any atom is -0.388 e. The molecule has 0 bridgehead atoms. The predicted octanol–water partition coefficient (Wildman–Crippen LogP) is 4.09. The van der Waals surface area contributed by atoms with Crippen molar-refractivity contribution in [3.63, 3.8) is 0 Å². The number of benzene rings is 1. The zero-order valence-corrected chi connectivity index (χ0v) is 9.88. The maximum Gasteiger partial charge on any atom is 0.142 e. The van der Waals surface area contributed by atoms with Crippen molar-refractivity contribution in [3.8, 4) is 0 Å². The highest BCUT2D eigenvalue weighted by molar-refractivity contribution is 6.30. The molecule has 1 nitrogen and oxygen atoms in total. The molecular weight excluding hydrogens is 227 g/mol. The quantitative estimate of drug-likeness (QED) is 0.828. The molecule has 0 radical (unpaired) electrons. The van der Waals surface area contributed by atoms with Crippen LogP contribution in [-0.4, -0.2) is 5.11 Å². The van der Waals surface area contributed by atoms with Gasteiger partial charge in [0.1, 0.15) is 5.82 Å². The molecule has 16 heavy (non-hydrogen) atoms. The predicted molar refractivity (Wildman–Crippen MR) is 62.9 cm³/mol. The summed E-state index contributed by atoms with van der Waals surface area (Å²) in [5, 5.41) is 10.3. The van der Waals surface area contributed by atoms with Gasteiger partial charge in [-0.05, 0) is 36.5 Å². The number of hydrogen-bond acceptors (Lipinski definition) is 1. The Morgan fingerprint density at radius 3 is 2.56 bits per heavy atom. The van der Waals surface area contributed by atoms with Crippen molar-refractivity contribution in [2.75, 3.05) is 0 Å². The molecule has 88 valence electrons. The van der Waals surface area contributed by atoms with Gasteiger partial charge < -0.3 is 5.11 Å². The average molecular weight is 243 g/mol. The van der Waals surface area contributed by atoms with Gasteiger partial charge in [-0.25, -0.2) is 4.39 Å². The monoisotopic (exact) mass is 242 g/mol. The third-order valence-corrected chi connectivity index (χ3v) is 3.69. The van der Waals surface area contributed by atoms with Crippen LogP contribution >= 0.6 is 11.6 Å². The largest absolute Gasteiger partial charge is 0.388 e. The van der Waals surface area contributed by atoms with Gasteiger partial charge in [-0.15, -0.1) is 0 Å². The van der Waals surface area contributed by atoms with E-state index in [1.807, 2.05) is 0 Å². The number of hydrogen-bond donors (Lipinski definition) is 1. The highest BCUT2D eigenvalue weighted by atomic mass is 35.5. The Hall–Kier alpha value is -0.600. The molecule has 1 aromatic rings. The van der Waals surface area contributed by atoms with E-state index in [4.69, 9.17) is 11.6 Å². The average Bonchev–Trinajstić information content (AvgIpc) is 2.33. The van der Waals surface area contributed by atoms with Gasteiger partial charge in [0.25, 0.3) is 0 Å². The molecule has 0 aromatic heterocycles. The Morgan fingerprint density at radius 1 is 1.25 bits per heavy atom. The van der Waals surface area contributed by atoms with Crippen molar-refractivity contribution >= 4 is 11.6 Å². The molecule has 0 amide bonds. The summed E-state index contributed by atoms with van der Waals surface area (Å²) in [6.45, 7) is 0. The third kappa shape index (κ3) is 2.55. The number of aliphatic hydroxyl groups is 1. The highest BCUT2D eigenvalue weighted by Crippen LogP contribution is 2.35. The van der Waals surface area contributed by atoms with Gasteiger partial charge in [0, 0.05) is 0 Å². The second-order valence-electron chi connectivity index (χ2n) is 4.52. The first-order valence-electron chi connectivity index (χ1n) is 5.81. The number of halogens is 2. The van der Waals surface area contributed by atoms with Gasteiger partial charge in [-0.3, -0.25) is 0 Å². The molecule has 0 unspecified atom stereocenters. The fourth-order valence-corrected chi connectivity index (χ4v) is 2.54. The normalized spacial score (nSPS) is 19.7. The summed E-state index contributed by atoms with van der Waals surface area (Å²) in [7, 11) is 0. The van der Waals surface area contributed by atoms with E-state index in [-0.39, 0.29) is 10.9 Å². The minimum absolute atomic E-state index is 0.111. The van der Waals surface area contributed by atoms with Crippen molar-refractivity contribution in [2.45, 2.75) is 38.2 Å². The molecule has 0 spiro atoms. The van der Waals surface area contributed by atoms with Gasteiger partial charge >= 0.3 is 0 Å². The van der Waals surface area contributed by atoms with Gasteiger partial charge in [-0.2, -0.15) is 0 Å². The Morgan fingerprint density at radius 2 is 1.94 bits per heavy atom. The van der Waals surface area contributed by atoms with E-state index in [2.05, 4.69) is 0 Å². The van der Waals surface area contributed by atoms with Crippen LogP contribution in [0.4, 0.5) is 4.39 Å². The molecule has 2 rings (SSSR count). The van der Waals surface area contributed by atoms with Crippen LogP contribution in [0.5, 0.6) is 0 Å². The molecule has 1 fully saturated rings. The third-order valence-electron chi connectivity index (χ3n) is 3.38. The Balaban J connectivity index is 2.12. The molecule has 1 aromatic carbocycles. The molecule has 1 N–H and O–H groups in total. The lowest BCUT2D eigenvalue weighted by Gasteiger charge is -2.26. The standard InChI is InChI=1S/C13H16ClFO/c14-11-7-6-10(8-12(11)15)13(16)9-4-2-1-3-5-9/h6-9,13,16H,1-5H2/t13-/m0/s1. The van der Waals surface area contributed by atoms with Gasteiger partial charge in [0.2, 0.25) is 0 Å². The van der Waals surface area contributed by atoms with E-state index in [1.54, 1.807) is 6.07 Å². The van der Waals surface area contributed by atoms with Crippen molar-refractivity contribution < 1.29 is 9.50 Å². The van der Waals surface area contributed by atoms with Crippen LogP contribution in [0.1, 0.15) is 43.8 Å². The Kier molecular flexibility index (Phi) is 3.82. The lowest BCUT2D eigenvalue weighted by molar-refractivity contribution is 0.0846. The molecule has 1 aliphatic rings. The van der Waals surface area contributed by atoms with Crippen LogP contribution in [0.25, 0.3) is 0 Å². The first-order chi connectivity index (χ1) is 7.68. The fraction of sp³-hybridized carbons (Fsp3) is 0.538. The fourth-order valence-electron chi connectivity index (χ4n) is 2.42. The highest BCUT2D eigenvalue weighted by Gasteiger charge is 2.23. The van der Waals surface area contributed by atoms with Crippen LogP contribution in [0.2, 0.25) is 5.02 Å².